The van der Waals surface area contributed by atoms with E-state index in [0.29, 0.717) is 12.5 Å². The predicted octanol–water partition coefficient (Wildman–Crippen LogP) is 1.80. The third-order valence-electron chi connectivity index (χ3n) is 4.71. The van der Waals surface area contributed by atoms with E-state index in [0.717, 1.165) is 43.0 Å². The molecule has 1 saturated heterocycles. The average Bonchev–Trinajstić information content (AvgIpc) is 2.67. The number of hydrogen-bond donors (Lipinski definition) is 1. The van der Waals surface area contributed by atoms with Gasteiger partial charge in [0.25, 0.3) is 0 Å². The minimum atomic E-state index is 0.0801. The van der Waals surface area contributed by atoms with Crippen LogP contribution < -0.4 is 9.64 Å². The first kappa shape index (κ1) is 16.9. The van der Waals surface area contributed by atoms with Crippen LogP contribution in [0.2, 0.25) is 0 Å². The summed E-state index contributed by atoms with van der Waals surface area (Å²) in [4.78, 5) is 10.5. The van der Waals surface area contributed by atoms with Gasteiger partial charge in [0.05, 0.1) is 17.5 Å². The zero-order valence-corrected chi connectivity index (χ0v) is 15.0. The average molecular weight is 350 g/mol. The molecule has 0 bridgehead atoms. The summed E-state index contributed by atoms with van der Waals surface area (Å²) in [5, 5.41) is 0.947. The van der Waals surface area contributed by atoms with Crippen LogP contribution in [0.1, 0.15) is 11.4 Å². The molecule has 1 unspecified atom stereocenters. The molecule has 1 aliphatic rings. The molecule has 0 saturated carbocycles. The zero-order valence-electron chi connectivity index (χ0n) is 15.0. The van der Waals surface area contributed by atoms with Crippen molar-refractivity contribution in [3.63, 3.8) is 0 Å². The second-order valence-electron chi connectivity index (χ2n) is 6.76. The molecule has 2 aromatic carbocycles. The van der Waals surface area contributed by atoms with Crippen LogP contribution in [0.4, 0.5) is 0 Å². The van der Waals surface area contributed by atoms with Crippen LogP contribution in [0.25, 0.3) is 10.9 Å². The van der Waals surface area contributed by atoms with E-state index in [1.165, 1.54) is 10.5 Å². The molecule has 0 amide bonds. The molecular formula is C21H24N3O2+. The Kier molecular flexibility index (Phi) is 5.09. The van der Waals surface area contributed by atoms with Crippen molar-refractivity contribution in [3.05, 3.63) is 66.0 Å². The Morgan fingerprint density at radius 2 is 1.88 bits per heavy atom. The number of ether oxygens (including phenoxy) is 2. The van der Waals surface area contributed by atoms with E-state index in [9.17, 15) is 0 Å². The minimum Gasteiger partial charge on any atom is -0.474 e. The lowest BCUT2D eigenvalue weighted by molar-refractivity contribution is -0.925. The molecule has 0 radical (unpaired) electrons. The molecular weight excluding hydrogens is 326 g/mol. The topological polar surface area (TPSA) is 48.7 Å². The number of quaternary nitrogens is 1. The second kappa shape index (κ2) is 7.81. The quantitative estimate of drug-likeness (QED) is 0.762. The van der Waals surface area contributed by atoms with E-state index < -0.39 is 0 Å². The number of aromatic nitrogens is 2. The maximum atomic E-state index is 6.05. The summed E-state index contributed by atoms with van der Waals surface area (Å²) in [5.74, 6) is 1.37. The Balaban J connectivity index is 1.40. The molecule has 0 aliphatic carbocycles. The molecule has 1 N–H and O–H groups in total. The molecule has 5 heteroatoms. The second-order valence-corrected chi connectivity index (χ2v) is 6.76. The van der Waals surface area contributed by atoms with Crippen molar-refractivity contribution in [2.45, 2.75) is 19.6 Å². The molecule has 3 aromatic rings. The van der Waals surface area contributed by atoms with E-state index in [4.69, 9.17) is 9.47 Å². The first-order valence-corrected chi connectivity index (χ1v) is 9.13. The minimum absolute atomic E-state index is 0.0801. The Bertz CT molecular complexity index is 870. The molecule has 1 fully saturated rings. The summed E-state index contributed by atoms with van der Waals surface area (Å²) in [7, 11) is 0. The normalized spacial score (nSPS) is 20.2. The third-order valence-corrected chi connectivity index (χ3v) is 4.71. The summed E-state index contributed by atoms with van der Waals surface area (Å²) in [5.41, 5.74) is 2.28. The summed E-state index contributed by atoms with van der Waals surface area (Å²) in [6, 6.07) is 18.6. The molecule has 26 heavy (non-hydrogen) atoms. The fourth-order valence-corrected chi connectivity index (χ4v) is 3.45. The van der Waals surface area contributed by atoms with Gasteiger partial charge < -0.3 is 14.4 Å². The molecule has 0 spiro atoms. The van der Waals surface area contributed by atoms with Crippen LogP contribution in [0, 0.1) is 6.92 Å². The number of fused-ring (bicyclic) bond motifs is 1. The number of rotatable bonds is 5. The number of nitrogens with zero attached hydrogens (tertiary/aromatic N) is 2. The van der Waals surface area contributed by atoms with E-state index in [2.05, 4.69) is 40.3 Å². The standard InChI is InChI=1S/C21H23N3O2/c1-16-22-20-10-6-5-9-19(20)21(23-16)26-15-18-14-24(11-12-25-18)13-17-7-3-2-4-8-17/h2-10,18H,11-15H2,1H3/p+1/t18-/m0/s1. The lowest BCUT2D eigenvalue weighted by Gasteiger charge is -2.30. The van der Waals surface area contributed by atoms with Gasteiger partial charge >= 0.3 is 0 Å². The van der Waals surface area contributed by atoms with E-state index in [1.54, 1.807) is 0 Å². The molecule has 134 valence electrons. The number of morpholine rings is 1. The summed E-state index contributed by atoms with van der Waals surface area (Å²) >= 11 is 0. The van der Waals surface area contributed by atoms with E-state index in [1.807, 2.05) is 31.2 Å². The summed E-state index contributed by atoms with van der Waals surface area (Å²) in [6.45, 7) is 6.16. The fraction of sp³-hybridized carbons (Fsp3) is 0.333. The van der Waals surface area contributed by atoms with E-state index in [-0.39, 0.29) is 6.10 Å². The number of hydrogen-bond acceptors (Lipinski definition) is 4. The van der Waals surface area contributed by atoms with Gasteiger partial charge in [0.2, 0.25) is 5.88 Å². The fourth-order valence-electron chi connectivity index (χ4n) is 3.45. The van der Waals surface area contributed by atoms with Gasteiger partial charge in [-0.2, -0.15) is 4.98 Å². The lowest BCUT2D eigenvalue weighted by atomic mass is 10.2. The molecule has 2 atom stereocenters. The van der Waals surface area contributed by atoms with Gasteiger partial charge in [-0.3, -0.25) is 0 Å². The Morgan fingerprint density at radius 3 is 2.77 bits per heavy atom. The van der Waals surface area contributed by atoms with Crippen molar-refractivity contribution < 1.29 is 14.4 Å². The Labute approximate surface area is 153 Å². The maximum absolute atomic E-state index is 6.05. The van der Waals surface area contributed by atoms with Crippen LogP contribution in [-0.4, -0.2) is 42.4 Å². The summed E-state index contributed by atoms with van der Waals surface area (Å²) < 4.78 is 12.0. The Hall–Kier alpha value is -2.50. The molecule has 1 aromatic heterocycles. The van der Waals surface area contributed by atoms with Crippen molar-refractivity contribution in [3.8, 4) is 5.88 Å². The number of benzene rings is 2. The van der Waals surface area contributed by atoms with Gasteiger partial charge in [-0.1, -0.05) is 42.5 Å². The van der Waals surface area contributed by atoms with E-state index >= 15 is 0 Å². The third kappa shape index (κ3) is 4.00. The van der Waals surface area contributed by atoms with Crippen LogP contribution >= 0.6 is 0 Å². The number of nitrogens with one attached hydrogen (secondary N) is 1. The predicted molar refractivity (Wildman–Crippen MR) is 100 cm³/mol. The highest BCUT2D eigenvalue weighted by Gasteiger charge is 2.25. The molecule has 1 aliphatic heterocycles. The van der Waals surface area contributed by atoms with Gasteiger partial charge in [0.15, 0.2) is 0 Å². The van der Waals surface area contributed by atoms with Crippen molar-refractivity contribution >= 4 is 10.9 Å². The van der Waals surface area contributed by atoms with Crippen molar-refractivity contribution in [1.82, 2.24) is 9.97 Å². The van der Waals surface area contributed by atoms with Crippen LogP contribution in [0.15, 0.2) is 54.6 Å². The molecule has 4 rings (SSSR count). The van der Waals surface area contributed by atoms with Crippen LogP contribution in [-0.2, 0) is 11.3 Å². The van der Waals surface area contributed by atoms with Crippen molar-refractivity contribution in [2.75, 3.05) is 26.3 Å². The van der Waals surface area contributed by atoms with Gasteiger partial charge in [-0.05, 0) is 19.1 Å². The zero-order chi connectivity index (χ0) is 17.8. The maximum Gasteiger partial charge on any atom is 0.224 e. The smallest absolute Gasteiger partial charge is 0.224 e. The number of aryl methyl sites for hydroxylation is 1. The first-order valence-electron chi connectivity index (χ1n) is 9.13. The largest absolute Gasteiger partial charge is 0.474 e. The molecule has 2 heterocycles. The monoisotopic (exact) mass is 350 g/mol. The van der Waals surface area contributed by atoms with Gasteiger partial charge in [0.1, 0.15) is 38.2 Å². The summed E-state index contributed by atoms with van der Waals surface area (Å²) in [6.07, 6.45) is 0.0801. The van der Waals surface area contributed by atoms with Crippen LogP contribution in [0.5, 0.6) is 5.88 Å². The SMILES string of the molecule is Cc1nc(OC[C@@H]2C[NH+](Cc3ccccc3)CCO2)c2ccccc2n1. The van der Waals surface area contributed by atoms with Gasteiger partial charge in [-0.15, -0.1) is 0 Å². The van der Waals surface area contributed by atoms with Gasteiger partial charge in [-0.25, -0.2) is 4.98 Å². The highest BCUT2D eigenvalue weighted by atomic mass is 16.5. The highest BCUT2D eigenvalue weighted by molar-refractivity contribution is 5.83. The Morgan fingerprint density at radius 1 is 1.08 bits per heavy atom. The molecule has 5 nitrogen and oxygen atoms in total. The van der Waals surface area contributed by atoms with Crippen molar-refractivity contribution in [2.24, 2.45) is 0 Å². The highest BCUT2D eigenvalue weighted by Crippen LogP contribution is 2.22. The lowest BCUT2D eigenvalue weighted by Crippen LogP contribution is -3.13. The van der Waals surface area contributed by atoms with Gasteiger partial charge in [0, 0.05) is 5.56 Å². The van der Waals surface area contributed by atoms with Crippen LogP contribution in [0.3, 0.4) is 0 Å². The van der Waals surface area contributed by atoms with Crippen molar-refractivity contribution in [1.29, 1.82) is 0 Å². The first-order chi connectivity index (χ1) is 12.8. The number of para-hydroxylation sites is 1.